The highest BCUT2D eigenvalue weighted by molar-refractivity contribution is 5.33. The minimum absolute atomic E-state index is 0.00185. The third-order valence-electron chi connectivity index (χ3n) is 3.38. The van der Waals surface area contributed by atoms with E-state index in [0.717, 1.165) is 18.4 Å². The van der Waals surface area contributed by atoms with Crippen LogP contribution in [0.15, 0.2) is 24.3 Å². The van der Waals surface area contributed by atoms with Crippen LogP contribution in [0.2, 0.25) is 0 Å². The highest BCUT2D eigenvalue weighted by Crippen LogP contribution is 2.14. The van der Waals surface area contributed by atoms with Gasteiger partial charge in [-0.2, -0.15) is 0 Å². The Labute approximate surface area is 119 Å². The Morgan fingerprint density at radius 1 is 1.05 bits per heavy atom. The van der Waals surface area contributed by atoms with Crippen molar-refractivity contribution in [3.05, 3.63) is 39.9 Å². The maximum Gasteiger partial charge on any atom is 0.269 e. The second kappa shape index (κ2) is 7.94. The van der Waals surface area contributed by atoms with E-state index in [1.54, 1.807) is 12.1 Å². The predicted molar refractivity (Wildman–Crippen MR) is 80.3 cm³/mol. The molecule has 0 spiro atoms. The minimum Gasteiger partial charge on any atom is -0.328 e. The lowest BCUT2D eigenvalue weighted by Gasteiger charge is -2.20. The summed E-state index contributed by atoms with van der Waals surface area (Å²) in [4.78, 5) is 10.2. The van der Waals surface area contributed by atoms with Gasteiger partial charge in [0.05, 0.1) is 4.92 Å². The molecule has 0 bridgehead atoms. The highest BCUT2D eigenvalue weighted by atomic mass is 16.6. The van der Waals surface area contributed by atoms with E-state index in [-0.39, 0.29) is 23.8 Å². The molecule has 6 nitrogen and oxygen atoms in total. The molecule has 0 amide bonds. The van der Waals surface area contributed by atoms with Gasteiger partial charge in [0.1, 0.15) is 0 Å². The maximum absolute atomic E-state index is 10.6. The van der Waals surface area contributed by atoms with Crippen LogP contribution in [0.25, 0.3) is 0 Å². The maximum atomic E-state index is 10.6. The van der Waals surface area contributed by atoms with Crippen LogP contribution in [0.5, 0.6) is 0 Å². The van der Waals surface area contributed by atoms with Gasteiger partial charge >= 0.3 is 0 Å². The lowest BCUT2D eigenvalue weighted by atomic mass is 9.96. The van der Waals surface area contributed by atoms with Crippen molar-refractivity contribution in [2.75, 3.05) is 0 Å². The molecule has 20 heavy (non-hydrogen) atoms. The Kier molecular flexibility index (Phi) is 6.57. The van der Waals surface area contributed by atoms with Crippen molar-refractivity contribution in [3.8, 4) is 0 Å². The molecule has 1 aromatic rings. The fourth-order valence-electron chi connectivity index (χ4n) is 2.18. The zero-order valence-corrected chi connectivity index (χ0v) is 11.9. The minimum atomic E-state index is -0.411. The SMILES string of the molecule is CCC(N)CC(N)CC(N)Cc1ccc([N+](=O)[O-])cc1. The predicted octanol–water partition coefficient (Wildman–Crippen LogP) is 1.31. The number of non-ortho nitro benzene ring substituents is 1. The van der Waals surface area contributed by atoms with Crippen molar-refractivity contribution in [1.29, 1.82) is 0 Å². The zero-order chi connectivity index (χ0) is 15.1. The van der Waals surface area contributed by atoms with Crippen LogP contribution < -0.4 is 17.2 Å². The Morgan fingerprint density at radius 2 is 1.60 bits per heavy atom. The molecule has 1 rings (SSSR count). The van der Waals surface area contributed by atoms with E-state index in [9.17, 15) is 10.1 Å². The third kappa shape index (κ3) is 5.64. The van der Waals surface area contributed by atoms with E-state index >= 15 is 0 Å². The first-order valence-electron chi connectivity index (χ1n) is 6.92. The van der Waals surface area contributed by atoms with Crippen LogP contribution >= 0.6 is 0 Å². The summed E-state index contributed by atoms with van der Waals surface area (Å²) in [5, 5.41) is 10.6. The Hall–Kier alpha value is -1.50. The summed E-state index contributed by atoms with van der Waals surface area (Å²) in [6.07, 6.45) is 3.04. The lowest BCUT2D eigenvalue weighted by molar-refractivity contribution is -0.384. The molecule has 3 unspecified atom stereocenters. The Balaban J connectivity index is 2.45. The normalized spacial score (nSPS) is 15.6. The van der Waals surface area contributed by atoms with Crippen LogP contribution in [0, 0.1) is 10.1 Å². The average molecular weight is 280 g/mol. The van der Waals surface area contributed by atoms with Gasteiger partial charge in [-0.05, 0) is 31.2 Å². The van der Waals surface area contributed by atoms with Gasteiger partial charge in [-0.25, -0.2) is 0 Å². The monoisotopic (exact) mass is 280 g/mol. The fraction of sp³-hybridized carbons (Fsp3) is 0.571. The summed E-state index contributed by atoms with van der Waals surface area (Å²) in [5.74, 6) is 0. The third-order valence-corrected chi connectivity index (χ3v) is 3.38. The molecule has 0 saturated carbocycles. The molecule has 0 fully saturated rings. The van der Waals surface area contributed by atoms with Gasteiger partial charge in [-0.15, -0.1) is 0 Å². The molecule has 1 aromatic carbocycles. The first-order valence-corrected chi connectivity index (χ1v) is 6.92. The van der Waals surface area contributed by atoms with Gasteiger partial charge in [0, 0.05) is 30.3 Å². The Bertz CT molecular complexity index is 422. The van der Waals surface area contributed by atoms with Crippen molar-refractivity contribution < 1.29 is 4.92 Å². The van der Waals surface area contributed by atoms with E-state index in [2.05, 4.69) is 0 Å². The van der Waals surface area contributed by atoms with Gasteiger partial charge in [0.15, 0.2) is 0 Å². The standard InChI is InChI=1S/C14H24N4O2/c1-2-11(15)8-13(17)9-12(16)7-10-3-5-14(6-4-10)18(19)20/h3-6,11-13H,2,7-9,15-17H2,1H3. The van der Waals surface area contributed by atoms with Crippen molar-refractivity contribution in [2.24, 2.45) is 17.2 Å². The molecule has 6 N–H and O–H groups in total. The topological polar surface area (TPSA) is 121 Å². The second-order valence-electron chi connectivity index (χ2n) is 5.29. The number of nitrogens with two attached hydrogens (primary N) is 3. The number of nitrogens with zero attached hydrogens (tertiary/aromatic N) is 1. The first-order chi connectivity index (χ1) is 9.42. The second-order valence-corrected chi connectivity index (χ2v) is 5.29. The summed E-state index contributed by atoms with van der Waals surface area (Å²) in [6, 6.07) is 6.53. The average Bonchev–Trinajstić information content (AvgIpc) is 2.38. The molecule has 6 heteroatoms. The van der Waals surface area contributed by atoms with E-state index in [0.29, 0.717) is 12.8 Å². The number of hydrogen-bond acceptors (Lipinski definition) is 5. The summed E-state index contributed by atoms with van der Waals surface area (Å²) in [7, 11) is 0. The van der Waals surface area contributed by atoms with E-state index < -0.39 is 4.92 Å². The molecule has 0 heterocycles. The van der Waals surface area contributed by atoms with E-state index in [4.69, 9.17) is 17.2 Å². The number of nitro benzene ring substituents is 1. The summed E-state index contributed by atoms with van der Waals surface area (Å²) < 4.78 is 0. The van der Waals surface area contributed by atoms with Crippen LogP contribution in [0.1, 0.15) is 31.7 Å². The molecule has 0 aliphatic heterocycles. The first kappa shape index (κ1) is 16.6. The van der Waals surface area contributed by atoms with Crippen molar-refractivity contribution in [2.45, 2.75) is 50.7 Å². The van der Waals surface area contributed by atoms with E-state index in [1.165, 1.54) is 12.1 Å². The molecule has 0 aromatic heterocycles. The van der Waals surface area contributed by atoms with Crippen LogP contribution in [-0.2, 0) is 6.42 Å². The van der Waals surface area contributed by atoms with E-state index in [1.807, 2.05) is 6.92 Å². The van der Waals surface area contributed by atoms with Crippen LogP contribution in [0.3, 0.4) is 0 Å². The van der Waals surface area contributed by atoms with Gasteiger partial charge in [0.2, 0.25) is 0 Å². The summed E-state index contributed by atoms with van der Waals surface area (Å²) in [6.45, 7) is 2.04. The molecule has 112 valence electrons. The summed E-state index contributed by atoms with van der Waals surface area (Å²) >= 11 is 0. The zero-order valence-electron chi connectivity index (χ0n) is 11.9. The largest absolute Gasteiger partial charge is 0.328 e. The molecule has 0 saturated heterocycles. The summed E-state index contributed by atoms with van der Waals surface area (Å²) in [5.41, 5.74) is 19.0. The molecule has 0 aliphatic carbocycles. The van der Waals surface area contributed by atoms with Crippen LogP contribution in [-0.4, -0.2) is 23.0 Å². The van der Waals surface area contributed by atoms with Gasteiger partial charge in [-0.1, -0.05) is 19.1 Å². The highest BCUT2D eigenvalue weighted by Gasteiger charge is 2.13. The van der Waals surface area contributed by atoms with Crippen molar-refractivity contribution in [3.63, 3.8) is 0 Å². The number of hydrogen-bond donors (Lipinski definition) is 3. The van der Waals surface area contributed by atoms with Gasteiger partial charge in [0.25, 0.3) is 5.69 Å². The molecular weight excluding hydrogens is 256 g/mol. The molecule has 3 atom stereocenters. The molecular formula is C14H24N4O2. The van der Waals surface area contributed by atoms with Crippen molar-refractivity contribution in [1.82, 2.24) is 0 Å². The number of rotatable bonds is 8. The smallest absolute Gasteiger partial charge is 0.269 e. The van der Waals surface area contributed by atoms with Gasteiger partial charge < -0.3 is 17.2 Å². The fourth-order valence-corrected chi connectivity index (χ4v) is 2.18. The Morgan fingerprint density at radius 3 is 2.10 bits per heavy atom. The lowest BCUT2D eigenvalue weighted by Crippen LogP contribution is -2.37. The van der Waals surface area contributed by atoms with Gasteiger partial charge in [-0.3, -0.25) is 10.1 Å². The molecule has 0 radical (unpaired) electrons. The van der Waals surface area contributed by atoms with Crippen molar-refractivity contribution >= 4 is 5.69 Å². The molecule has 0 aliphatic rings. The van der Waals surface area contributed by atoms with Crippen LogP contribution in [0.4, 0.5) is 5.69 Å². The quantitative estimate of drug-likeness (QED) is 0.489. The number of nitro groups is 1. The number of benzene rings is 1.